The molecule has 0 spiro atoms. The standard InChI is InChI=1S/C20H19FN8S/c1-12-10-24-20(30-12)29-17-9-16(26-18-11-22-7-8-23-18)27-19(28-17)25-13(2)14-3-5-15(21)6-4-14/h3-11,13H,1-2H3,(H3,23,24,25,26,27,28,29). The van der Waals surface area contributed by atoms with Gasteiger partial charge in [-0.15, -0.1) is 11.3 Å². The van der Waals surface area contributed by atoms with Crippen LogP contribution in [0.15, 0.2) is 55.1 Å². The third kappa shape index (κ3) is 5.03. The molecule has 152 valence electrons. The lowest BCUT2D eigenvalue weighted by atomic mass is 10.1. The fraction of sp³-hybridized carbons (Fsp3) is 0.150. The van der Waals surface area contributed by atoms with Crippen LogP contribution in [-0.2, 0) is 0 Å². The zero-order valence-corrected chi connectivity index (χ0v) is 17.1. The van der Waals surface area contributed by atoms with Crippen LogP contribution in [0.3, 0.4) is 0 Å². The summed E-state index contributed by atoms with van der Waals surface area (Å²) in [5.41, 5.74) is 0.914. The second-order valence-corrected chi connectivity index (χ2v) is 7.73. The molecule has 1 unspecified atom stereocenters. The van der Waals surface area contributed by atoms with E-state index in [0.29, 0.717) is 23.4 Å². The zero-order valence-electron chi connectivity index (χ0n) is 16.3. The second-order valence-electron chi connectivity index (χ2n) is 6.50. The van der Waals surface area contributed by atoms with Gasteiger partial charge >= 0.3 is 0 Å². The Kier molecular flexibility index (Phi) is 5.75. The monoisotopic (exact) mass is 422 g/mol. The lowest BCUT2D eigenvalue weighted by molar-refractivity contribution is 0.626. The van der Waals surface area contributed by atoms with Crippen LogP contribution in [-0.4, -0.2) is 24.9 Å². The molecule has 10 heteroatoms. The molecule has 3 aromatic heterocycles. The minimum Gasteiger partial charge on any atom is -0.348 e. The number of nitrogens with one attached hydrogen (secondary N) is 3. The molecule has 0 saturated heterocycles. The molecule has 0 fully saturated rings. The van der Waals surface area contributed by atoms with Crippen molar-refractivity contribution < 1.29 is 4.39 Å². The van der Waals surface area contributed by atoms with E-state index in [1.807, 2.05) is 13.8 Å². The van der Waals surface area contributed by atoms with Gasteiger partial charge in [-0.2, -0.15) is 9.97 Å². The van der Waals surface area contributed by atoms with Crippen molar-refractivity contribution in [3.63, 3.8) is 0 Å². The maximum Gasteiger partial charge on any atom is 0.227 e. The van der Waals surface area contributed by atoms with E-state index in [0.717, 1.165) is 15.6 Å². The lowest BCUT2D eigenvalue weighted by Crippen LogP contribution is -2.11. The molecule has 0 aliphatic heterocycles. The average molecular weight is 422 g/mol. The SMILES string of the molecule is Cc1cnc(Nc2cc(Nc3cnccn3)nc(NC(C)c3ccc(F)cc3)n2)s1. The zero-order chi connectivity index (χ0) is 20.9. The predicted octanol–water partition coefficient (Wildman–Crippen LogP) is 4.83. The van der Waals surface area contributed by atoms with E-state index >= 15 is 0 Å². The van der Waals surface area contributed by atoms with Crippen LogP contribution in [0, 0.1) is 12.7 Å². The highest BCUT2D eigenvalue weighted by molar-refractivity contribution is 7.15. The molecular weight excluding hydrogens is 403 g/mol. The Balaban J connectivity index is 1.61. The molecule has 1 aromatic carbocycles. The van der Waals surface area contributed by atoms with Crippen molar-refractivity contribution in [2.75, 3.05) is 16.0 Å². The number of rotatable bonds is 7. The van der Waals surface area contributed by atoms with Gasteiger partial charge in [0.15, 0.2) is 5.13 Å². The van der Waals surface area contributed by atoms with Crippen LogP contribution in [0.4, 0.5) is 32.9 Å². The van der Waals surface area contributed by atoms with Gasteiger partial charge in [0.05, 0.1) is 12.2 Å². The number of thiazole rings is 1. The summed E-state index contributed by atoms with van der Waals surface area (Å²) >= 11 is 1.53. The first-order valence-corrected chi connectivity index (χ1v) is 10.0. The number of aromatic nitrogens is 5. The van der Waals surface area contributed by atoms with Gasteiger partial charge < -0.3 is 16.0 Å². The van der Waals surface area contributed by atoms with Crippen LogP contribution >= 0.6 is 11.3 Å². The Bertz CT molecular complexity index is 1120. The van der Waals surface area contributed by atoms with E-state index in [1.165, 1.54) is 23.5 Å². The molecule has 0 amide bonds. The molecule has 0 bridgehead atoms. The van der Waals surface area contributed by atoms with Gasteiger partial charge in [-0.25, -0.2) is 14.4 Å². The Labute approximate surface area is 176 Å². The predicted molar refractivity (Wildman–Crippen MR) is 116 cm³/mol. The van der Waals surface area contributed by atoms with Gasteiger partial charge in [0.2, 0.25) is 5.95 Å². The Morgan fingerprint density at radius 2 is 1.70 bits per heavy atom. The highest BCUT2D eigenvalue weighted by Gasteiger charge is 2.12. The third-order valence-corrected chi connectivity index (χ3v) is 4.95. The molecular formula is C20H19FN8S. The van der Waals surface area contributed by atoms with Crippen molar-refractivity contribution in [3.05, 3.63) is 71.4 Å². The Morgan fingerprint density at radius 3 is 2.37 bits per heavy atom. The number of hydrogen-bond acceptors (Lipinski definition) is 9. The molecule has 8 nitrogen and oxygen atoms in total. The summed E-state index contributed by atoms with van der Waals surface area (Å²) in [5, 5.41) is 10.3. The number of aryl methyl sites for hydroxylation is 1. The third-order valence-electron chi connectivity index (χ3n) is 4.12. The summed E-state index contributed by atoms with van der Waals surface area (Å²) < 4.78 is 13.2. The van der Waals surface area contributed by atoms with Crippen molar-refractivity contribution in [1.29, 1.82) is 0 Å². The van der Waals surface area contributed by atoms with E-state index in [4.69, 9.17) is 0 Å². The quantitative estimate of drug-likeness (QED) is 0.389. The largest absolute Gasteiger partial charge is 0.348 e. The van der Waals surface area contributed by atoms with Crippen molar-refractivity contribution >= 4 is 39.9 Å². The van der Waals surface area contributed by atoms with E-state index in [2.05, 4.69) is 40.9 Å². The van der Waals surface area contributed by atoms with Crippen LogP contribution in [0.2, 0.25) is 0 Å². The van der Waals surface area contributed by atoms with Gasteiger partial charge in [0.1, 0.15) is 23.3 Å². The van der Waals surface area contributed by atoms with Gasteiger partial charge in [-0.1, -0.05) is 12.1 Å². The summed E-state index contributed by atoms with van der Waals surface area (Å²) in [6, 6.07) is 7.95. The molecule has 3 heterocycles. The Hall–Kier alpha value is -3.66. The molecule has 4 aromatic rings. The number of anilines is 5. The number of benzene rings is 1. The lowest BCUT2D eigenvalue weighted by Gasteiger charge is -2.16. The van der Waals surface area contributed by atoms with Crippen LogP contribution < -0.4 is 16.0 Å². The summed E-state index contributed by atoms with van der Waals surface area (Å²) in [5.74, 6) is 1.79. The molecule has 0 aliphatic rings. The summed E-state index contributed by atoms with van der Waals surface area (Å²) in [4.78, 5) is 22.8. The molecule has 3 N–H and O–H groups in total. The van der Waals surface area contributed by atoms with Gasteiger partial charge in [0.25, 0.3) is 0 Å². The van der Waals surface area contributed by atoms with E-state index in [9.17, 15) is 4.39 Å². The van der Waals surface area contributed by atoms with Crippen molar-refractivity contribution in [2.45, 2.75) is 19.9 Å². The first-order chi connectivity index (χ1) is 14.5. The van der Waals surface area contributed by atoms with Crippen LogP contribution in [0.5, 0.6) is 0 Å². The first-order valence-electron chi connectivity index (χ1n) is 9.19. The number of halogens is 1. The summed E-state index contributed by atoms with van der Waals surface area (Å²) in [7, 11) is 0. The first kappa shape index (κ1) is 19.6. The number of nitrogens with zero attached hydrogens (tertiary/aromatic N) is 5. The summed E-state index contributed by atoms with van der Waals surface area (Å²) in [6.07, 6.45) is 6.59. The van der Waals surface area contributed by atoms with Gasteiger partial charge in [-0.05, 0) is 31.5 Å². The maximum atomic E-state index is 13.2. The summed E-state index contributed by atoms with van der Waals surface area (Å²) in [6.45, 7) is 3.94. The fourth-order valence-corrected chi connectivity index (χ4v) is 3.36. The molecule has 0 radical (unpaired) electrons. The normalized spacial score (nSPS) is 11.7. The minimum absolute atomic E-state index is 0.132. The average Bonchev–Trinajstić information content (AvgIpc) is 3.13. The molecule has 30 heavy (non-hydrogen) atoms. The Morgan fingerprint density at radius 1 is 0.933 bits per heavy atom. The molecule has 0 saturated carbocycles. The van der Waals surface area contributed by atoms with Crippen LogP contribution in [0.25, 0.3) is 0 Å². The van der Waals surface area contributed by atoms with Gasteiger partial charge in [0, 0.05) is 29.5 Å². The number of hydrogen-bond donors (Lipinski definition) is 3. The fourth-order valence-electron chi connectivity index (χ4n) is 2.69. The van der Waals surface area contributed by atoms with E-state index in [-0.39, 0.29) is 11.9 Å². The van der Waals surface area contributed by atoms with E-state index in [1.54, 1.807) is 43.0 Å². The highest BCUT2D eigenvalue weighted by Crippen LogP contribution is 2.25. The van der Waals surface area contributed by atoms with Crippen molar-refractivity contribution in [1.82, 2.24) is 24.9 Å². The highest BCUT2D eigenvalue weighted by atomic mass is 32.1. The second kappa shape index (κ2) is 8.78. The van der Waals surface area contributed by atoms with E-state index < -0.39 is 0 Å². The maximum absolute atomic E-state index is 13.2. The molecule has 0 aliphatic carbocycles. The van der Waals surface area contributed by atoms with Crippen molar-refractivity contribution in [2.24, 2.45) is 0 Å². The smallest absolute Gasteiger partial charge is 0.227 e. The van der Waals surface area contributed by atoms with Gasteiger partial charge in [-0.3, -0.25) is 4.98 Å². The van der Waals surface area contributed by atoms with Crippen molar-refractivity contribution in [3.8, 4) is 0 Å². The van der Waals surface area contributed by atoms with Crippen LogP contribution in [0.1, 0.15) is 23.4 Å². The molecule has 1 atom stereocenters. The topological polar surface area (TPSA) is 101 Å². The molecule has 4 rings (SSSR count). The minimum atomic E-state index is -0.275.